The Hall–Kier alpha value is -1.03. The Labute approximate surface area is 280 Å². The van der Waals surface area contributed by atoms with Crippen molar-refractivity contribution in [1.82, 2.24) is 0 Å². The van der Waals surface area contributed by atoms with E-state index in [4.69, 9.17) is 18.9 Å². The fraction of sp³-hybridized carbons (Fsp3) is 0.921. The second-order valence-electron chi connectivity index (χ2n) is 14.9. The molecule has 3 aliphatic rings. The maximum Gasteiger partial charge on any atom is 0.334 e. The first-order valence-corrected chi connectivity index (χ1v) is 19.0. The van der Waals surface area contributed by atoms with Gasteiger partial charge in [0.15, 0.2) is 5.79 Å². The van der Waals surface area contributed by atoms with Crippen LogP contribution in [-0.4, -0.2) is 75.9 Å². The van der Waals surface area contributed by atoms with Gasteiger partial charge in [0.25, 0.3) is 0 Å². The van der Waals surface area contributed by atoms with Crippen molar-refractivity contribution >= 4 is 5.97 Å². The minimum Gasteiger partial charge on any atom is -0.455 e. The predicted octanol–water partition coefficient (Wildman–Crippen LogP) is 7.83. The highest BCUT2D eigenvalue weighted by Crippen LogP contribution is 2.33. The standard InChI is InChI=1S/C38H68O8/c1-5-6-7-8-9-10-11-12-13-17-20-33(40)35-23-24-36(44-35)34(41)22-21-32-27-31(45-38(3,4)46-32)19-16-14-15-18-30(39)26-29-25-28(2)43-37(29)42/h25,28,30-36,39-41H,5-24,26-27H2,1-4H3/t28-,30+,31-,32+,33-,34+,35+,36+/m0/s1. The summed E-state index contributed by atoms with van der Waals surface area (Å²) in [5.74, 6) is -0.968. The van der Waals surface area contributed by atoms with Crippen molar-refractivity contribution < 1.29 is 39.1 Å². The summed E-state index contributed by atoms with van der Waals surface area (Å²) in [6, 6.07) is 0. The Bertz CT molecular complexity index is 875. The number of aliphatic hydroxyl groups excluding tert-OH is 3. The molecule has 0 saturated carbocycles. The molecular weight excluding hydrogens is 584 g/mol. The highest BCUT2D eigenvalue weighted by atomic mass is 16.7. The third kappa shape index (κ3) is 15.0. The van der Waals surface area contributed by atoms with E-state index in [2.05, 4.69) is 6.92 Å². The molecule has 8 nitrogen and oxygen atoms in total. The summed E-state index contributed by atoms with van der Waals surface area (Å²) in [7, 11) is 0. The Morgan fingerprint density at radius 3 is 1.91 bits per heavy atom. The van der Waals surface area contributed by atoms with Gasteiger partial charge in [-0.3, -0.25) is 0 Å². The van der Waals surface area contributed by atoms with Crippen molar-refractivity contribution in [1.29, 1.82) is 0 Å². The molecule has 0 aromatic rings. The molecule has 3 aliphatic heterocycles. The molecule has 2 fully saturated rings. The lowest BCUT2D eigenvalue weighted by Crippen LogP contribution is -2.45. The first-order valence-electron chi connectivity index (χ1n) is 19.0. The van der Waals surface area contributed by atoms with Crippen molar-refractivity contribution in [2.45, 2.75) is 224 Å². The summed E-state index contributed by atoms with van der Waals surface area (Å²) in [5.41, 5.74) is 0.588. The van der Waals surface area contributed by atoms with Crippen molar-refractivity contribution in [3.05, 3.63) is 11.6 Å². The van der Waals surface area contributed by atoms with Gasteiger partial charge in [0.1, 0.15) is 6.10 Å². The Morgan fingerprint density at radius 1 is 0.761 bits per heavy atom. The maximum absolute atomic E-state index is 11.8. The molecule has 3 N–H and O–H groups in total. The van der Waals surface area contributed by atoms with Crippen molar-refractivity contribution in [3.8, 4) is 0 Å². The minimum atomic E-state index is -0.664. The van der Waals surface area contributed by atoms with Crippen LogP contribution in [0.1, 0.15) is 169 Å². The van der Waals surface area contributed by atoms with Crippen molar-refractivity contribution in [2.75, 3.05) is 0 Å². The minimum absolute atomic E-state index is 0.0196. The van der Waals surface area contributed by atoms with Gasteiger partial charge in [0, 0.05) is 18.4 Å². The van der Waals surface area contributed by atoms with Crippen LogP contribution in [-0.2, 0) is 23.7 Å². The van der Waals surface area contributed by atoms with E-state index in [1.807, 2.05) is 20.8 Å². The molecule has 0 aliphatic carbocycles. The average molecular weight is 653 g/mol. The number of rotatable bonds is 24. The van der Waals surface area contributed by atoms with Crippen LogP contribution >= 0.6 is 0 Å². The van der Waals surface area contributed by atoms with Crippen molar-refractivity contribution in [3.63, 3.8) is 0 Å². The highest BCUT2D eigenvalue weighted by molar-refractivity contribution is 5.90. The average Bonchev–Trinajstić information content (AvgIpc) is 3.62. The molecule has 0 spiro atoms. The molecule has 46 heavy (non-hydrogen) atoms. The van der Waals surface area contributed by atoms with E-state index in [-0.39, 0.29) is 36.5 Å². The number of hydrogen-bond donors (Lipinski definition) is 3. The molecule has 268 valence electrons. The van der Waals surface area contributed by atoms with Gasteiger partial charge in [-0.1, -0.05) is 90.4 Å². The summed E-state index contributed by atoms with van der Waals surface area (Å²) in [4.78, 5) is 11.8. The van der Waals surface area contributed by atoms with Gasteiger partial charge < -0.3 is 34.3 Å². The smallest absolute Gasteiger partial charge is 0.334 e. The summed E-state index contributed by atoms with van der Waals surface area (Å²) in [6.45, 7) is 8.01. The largest absolute Gasteiger partial charge is 0.455 e. The van der Waals surface area contributed by atoms with E-state index in [0.717, 1.165) is 64.2 Å². The van der Waals surface area contributed by atoms with Gasteiger partial charge in [-0.05, 0) is 71.8 Å². The Morgan fingerprint density at radius 2 is 1.30 bits per heavy atom. The second kappa shape index (κ2) is 21.1. The summed E-state index contributed by atoms with van der Waals surface area (Å²) in [5, 5.41) is 32.0. The van der Waals surface area contributed by atoms with Crippen LogP contribution in [0.3, 0.4) is 0 Å². The van der Waals surface area contributed by atoms with E-state index in [0.29, 0.717) is 24.8 Å². The zero-order chi connectivity index (χ0) is 33.4. The topological polar surface area (TPSA) is 115 Å². The lowest BCUT2D eigenvalue weighted by atomic mass is 9.96. The molecule has 0 aromatic carbocycles. The number of ether oxygens (including phenoxy) is 4. The van der Waals surface area contributed by atoms with Crippen LogP contribution < -0.4 is 0 Å². The zero-order valence-corrected chi connectivity index (χ0v) is 29.6. The number of hydrogen-bond acceptors (Lipinski definition) is 8. The predicted molar refractivity (Wildman–Crippen MR) is 181 cm³/mol. The number of aliphatic hydroxyl groups is 3. The van der Waals surface area contributed by atoms with E-state index in [9.17, 15) is 20.1 Å². The second-order valence-corrected chi connectivity index (χ2v) is 14.9. The van der Waals surface area contributed by atoms with E-state index in [1.54, 1.807) is 6.08 Å². The van der Waals surface area contributed by atoms with Gasteiger partial charge in [0.2, 0.25) is 0 Å². The molecule has 3 rings (SSSR count). The number of esters is 1. The summed E-state index contributed by atoms with van der Waals surface area (Å²) >= 11 is 0. The fourth-order valence-electron chi connectivity index (χ4n) is 7.46. The molecule has 8 heteroatoms. The monoisotopic (exact) mass is 652 g/mol. The molecule has 2 saturated heterocycles. The Kier molecular flexibility index (Phi) is 18.1. The normalized spacial score (nSPS) is 28.2. The first kappa shape index (κ1) is 39.4. The number of carbonyl (C=O) groups is 1. The van der Waals surface area contributed by atoms with Gasteiger partial charge in [0.05, 0.1) is 42.7 Å². The molecule has 0 aromatic heterocycles. The van der Waals surface area contributed by atoms with E-state index in [1.165, 1.54) is 57.8 Å². The van der Waals surface area contributed by atoms with Gasteiger partial charge in [-0.15, -0.1) is 0 Å². The van der Waals surface area contributed by atoms with Crippen molar-refractivity contribution in [2.24, 2.45) is 0 Å². The Balaban J connectivity index is 1.25. The molecule has 8 atom stereocenters. The molecule has 3 heterocycles. The van der Waals surface area contributed by atoms with E-state index < -0.39 is 24.1 Å². The fourth-order valence-corrected chi connectivity index (χ4v) is 7.46. The quantitative estimate of drug-likeness (QED) is 0.0714. The van der Waals surface area contributed by atoms with Gasteiger partial charge in [-0.2, -0.15) is 0 Å². The SMILES string of the molecule is CCCCCCCCCCCC[C@H](O)[C@H]1CC[C@H]([C@H](O)CC[C@@H]2C[C@H](CCCCC[C@@H](O)CC3=C[C@H](C)OC3=O)OC(C)(C)O2)O1. The lowest BCUT2D eigenvalue weighted by molar-refractivity contribution is -0.302. The highest BCUT2D eigenvalue weighted by Gasteiger charge is 2.37. The maximum atomic E-state index is 11.8. The van der Waals surface area contributed by atoms with Crippen LogP contribution in [0, 0.1) is 0 Å². The van der Waals surface area contributed by atoms with Gasteiger partial charge >= 0.3 is 5.97 Å². The van der Waals surface area contributed by atoms with Crippen LogP contribution in [0.2, 0.25) is 0 Å². The molecule has 0 unspecified atom stereocenters. The number of unbranched alkanes of at least 4 members (excludes halogenated alkanes) is 11. The molecule has 0 bridgehead atoms. The number of cyclic esters (lactones) is 1. The van der Waals surface area contributed by atoms with Crippen LogP contribution in [0.15, 0.2) is 11.6 Å². The summed E-state index contributed by atoms with van der Waals surface area (Å²) in [6.07, 6.45) is 22.1. The third-order valence-electron chi connectivity index (χ3n) is 10.0. The third-order valence-corrected chi connectivity index (χ3v) is 10.0. The summed E-state index contributed by atoms with van der Waals surface area (Å²) < 4.78 is 23.7. The van der Waals surface area contributed by atoms with Crippen LogP contribution in [0.5, 0.6) is 0 Å². The zero-order valence-electron chi connectivity index (χ0n) is 29.6. The molecular formula is C38H68O8. The number of carbonyl (C=O) groups excluding carboxylic acids is 1. The lowest BCUT2D eigenvalue weighted by Gasteiger charge is -2.41. The van der Waals surface area contributed by atoms with E-state index >= 15 is 0 Å². The first-order chi connectivity index (χ1) is 22.1. The van der Waals surface area contributed by atoms with Gasteiger partial charge in [-0.25, -0.2) is 4.79 Å². The molecule has 0 amide bonds. The van der Waals surface area contributed by atoms with Crippen LogP contribution in [0.4, 0.5) is 0 Å². The van der Waals surface area contributed by atoms with Crippen LogP contribution in [0.25, 0.3) is 0 Å². The molecule has 0 radical (unpaired) electrons.